The predicted octanol–water partition coefficient (Wildman–Crippen LogP) is 1.27. The molecule has 0 aromatic carbocycles. The Morgan fingerprint density at radius 3 is 3.06 bits per heavy atom. The van der Waals surface area contributed by atoms with E-state index in [4.69, 9.17) is 0 Å². The van der Waals surface area contributed by atoms with Crippen molar-refractivity contribution in [2.45, 2.75) is 19.9 Å². The number of aromatic nitrogens is 3. The third-order valence-electron chi connectivity index (χ3n) is 3.09. The molecule has 0 spiro atoms. The zero-order chi connectivity index (χ0) is 12.5. The highest BCUT2D eigenvalue weighted by Gasteiger charge is 2.30. The van der Waals surface area contributed by atoms with E-state index in [0.29, 0.717) is 13.0 Å². The molecule has 90 valence electrons. The van der Waals surface area contributed by atoms with E-state index < -0.39 is 0 Å². The quantitative estimate of drug-likeness (QED) is 0.793. The minimum absolute atomic E-state index is 0.0671. The zero-order valence-electron chi connectivity index (χ0n) is 10.00. The fraction of sp³-hybridized carbons (Fsp3) is 0.231. The van der Waals surface area contributed by atoms with Crippen LogP contribution in [0.5, 0.6) is 0 Å². The van der Waals surface area contributed by atoms with Crippen LogP contribution in [0.3, 0.4) is 0 Å². The van der Waals surface area contributed by atoms with Gasteiger partial charge in [-0.1, -0.05) is 6.07 Å². The predicted molar refractivity (Wildman–Crippen MR) is 65.9 cm³/mol. The summed E-state index contributed by atoms with van der Waals surface area (Å²) in [6.45, 7) is 2.41. The Labute approximate surface area is 105 Å². The highest BCUT2D eigenvalue weighted by Crippen LogP contribution is 2.28. The van der Waals surface area contributed by atoms with Crippen molar-refractivity contribution in [2.75, 3.05) is 4.90 Å². The lowest BCUT2D eigenvalue weighted by Gasteiger charge is -2.16. The van der Waals surface area contributed by atoms with Gasteiger partial charge in [0.05, 0.1) is 13.0 Å². The molecule has 18 heavy (non-hydrogen) atoms. The fourth-order valence-electron chi connectivity index (χ4n) is 2.13. The molecule has 0 atom stereocenters. The number of hydrogen-bond acceptors (Lipinski definition) is 4. The van der Waals surface area contributed by atoms with E-state index in [-0.39, 0.29) is 5.91 Å². The molecule has 0 fully saturated rings. The van der Waals surface area contributed by atoms with Crippen LogP contribution in [0.1, 0.15) is 16.8 Å². The molecule has 0 bridgehead atoms. The van der Waals surface area contributed by atoms with Gasteiger partial charge < -0.3 is 0 Å². The zero-order valence-corrected chi connectivity index (χ0v) is 10.00. The van der Waals surface area contributed by atoms with Gasteiger partial charge in [-0.25, -0.2) is 9.97 Å². The topological polar surface area (TPSA) is 59.0 Å². The van der Waals surface area contributed by atoms with Crippen LogP contribution >= 0.6 is 0 Å². The number of nitrogens with zero attached hydrogens (tertiary/aromatic N) is 4. The van der Waals surface area contributed by atoms with Crippen LogP contribution in [0.2, 0.25) is 0 Å². The standard InChI is InChI=1S/C13H12N4O/c1-9-11-5-12(18)17(13(11)16-8-15-9)7-10-3-2-4-14-6-10/h2-4,6,8H,5,7H2,1H3. The number of fused-ring (bicyclic) bond motifs is 1. The Bertz CT molecular complexity index is 597. The maximum absolute atomic E-state index is 12.0. The van der Waals surface area contributed by atoms with E-state index in [9.17, 15) is 4.79 Å². The SMILES string of the molecule is Cc1ncnc2c1CC(=O)N2Cc1cccnc1. The van der Waals surface area contributed by atoms with Crippen LogP contribution in [-0.2, 0) is 17.8 Å². The molecular formula is C13H12N4O. The number of pyridine rings is 1. The van der Waals surface area contributed by atoms with Crippen LogP contribution < -0.4 is 4.90 Å². The van der Waals surface area contributed by atoms with Gasteiger partial charge in [-0.2, -0.15) is 0 Å². The van der Waals surface area contributed by atoms with Gasteiger partial charge in [0.15, 0.2) is 0 Å². The second-order valence-electron chi connectivity index (χ2n) is 4.28. The Hall–Kier alpha value is -2.30. The van der Waals surface area contributed by atoms with E-state index in [1.54, 1.807) is 17.3 Å². The van der Waals surface area contributed by atoms with Crippen molar-refractivity contribution < 1.29 is 4.79 Å². The molecule has 0 aliphatic carbocycles. The summed E-state index contributed by atoms with van der Waals surface area (Å²) in [6, 6.07) is 3.81. The molecule has 1 aliphatic rings. The molecule has 2 aromatic heterocycles. The molecule has 5 heteroatoms. The molecule has 0 saturated carbocycles. The van der Waals surface area contributed by atoms with E-state index in [0.717, 1.165) is 22.6 Å². The van der Waals surface area contributed by atoms with Gasteiger partial charge in [0.1, 0.15) is 12.1 Å². The molecule has 0 saturated heterocycles. The molecular weight excluding hydrogens is 228 g/mol. The van der Waals surface area contributed by atoms with Crippen molar-refractivity contribution in [1.29, 1.82) is 0 Å². The molecule has 5 nitrogen and oxygen atoms in total. The molecule has 3 rings (SSSR count). The van der Waals surface area contributed by atoms with Crippen molar-refractivity contribution >= 4 is 11.7 Å². The van der Waals surface area contributed by atoms with Crippen LogP contribution in [0.25, 0.3) is 0 Å². The maximum atomic E-state index is 12.0. The fourth-order valence-corrected chi connectivity index (χ4v) is 2.13. The lowest BCUT2D eigenvalue weighted by Crippen LogP contribution is -2.26. The lowest BCUT2D eigenvalue weighted by atomic mass is 10.2. The first-order chi connectivity index (χ1) is 8.75. The lowest BCUT2D eigenvalue weighted by molar-refractivity contribution is -0.117. The van der Waals surface area contributed by atoms with Crippen molar-refractivity contribution in [2.24, 2.45) is 0 Å². The average molecular weight is 240 g/mol. The van der Waals surface area contributed by atoms with Crippen molar-refractivity contribution in [3.63, 3.8) is 0 Å². The second kappa shape index (κ2) is 4.18. The molecule has 2 aromatic rings. The van der Waals surface area contributed by atoms with Crippen molar-refractivity contribution in [3.05, 3.63) is 47.7 Å². The number of carbonyl (C=O) groups is 1. The summed E-state index contributed by atoms with van der Waals surface area (Å²) in [7, 11) is 0. The van der Waals surface area contributed by atoms with Crippen molar-refractivity contribution in [3.8, 4) is 0 Å². The average Bonchev–Trinajstić information content (AvgIpc) is 2.70. The van der Waals surface area contributed by atoms with E-state index in [1.165, 1.54) is 6.33 Å². The first kappa shape index (κ1) is 10.8. The number of amides is 1. The van der Waals surface area contributed by atoms with Gasteiger partial charge in [0, 0.05) is 23.7 Å². The van der Waals surface area contributed by atoms with E-state index >= 15 is 0 Å². The summed E-state index contributed by atoms with van der Waals surface area (Å²) in [4.78, 5) is 26.1. The Kier molecular flexibility index (Phi) is 2.51. The molecule has 0 N–H and O–H groups in total. The summed E-state index contributed by atoms with van der Waals surface area (Å²) in [5.74, 6) is 0.800. The van der Waals surface area contributed by atoms with Gasteiger partial charge in [-0.05, 0) is 18.6 Å². The highest BCUT2D eigenvalue weighted by molar-refractivity contribution is 6.00. The van der Waals surface area contributed by atoms with Gasteiger partial charge in [0.25, 0.3) is 0 Å². The summed E-state index contributed by atoms with van der Waals surface area (Å²) in [5.41, 5.74) is 2.81. The third-order valence-corrected chi connectivity index (χ3v) is 3.09. The van der Waals surface area contributed by atoms with Gasteiger partial charge in [-0.3, -0.25) is 14.7 Å². The van der Waals surface area contributed by atoms with Gasteiger partial charge in [-0.15, -0.1) is 0 Å². The minimum atomic E-state index is 0.0671. The summed E-state index contributed by atoms with van der Waals surface area (Å²) < 4.78 is 0. The maximum Gasteiger partial charge on any atom is 0.233 e. The summed E-state index contributed by atoms with van der Waals surface area (Å²) in [5, 5.41) is 0. The number of hydrogen-bond donors (Lipinski definition) is 0. The molecule has 3 heterocycles. The molecule has 0 radical (unpaired) electrons. The minimum Gasteiger partial charge on any atom is -0.292 e. The Morgan fingerprint density at radius 1 is 1.39 bits per heavy atom. The first-order valence-electron chi connectivity index (χ1n) is 5.75. The largest absolute Gasteiger partial charge is 0.292 e. The number of anilines is 1. The van der Waals surface area contributed by atoms with Crippen LogP contribution in [0, 0.1) is 6.92 Å². The van der Waals surface area contributed by atoms with Crippen LogP contribution in [0.4, 0.5) is 5.82 Å². The second-order valence-corrected chi connectivity index (χ2v) is 4.28. The Morgan fingerprint density at radius 2 is 2.28 bits per heavy atom. The number of rotatable bonds is 2. The Balaban J connectivity index is 1.95. The third kappa shape index (κ3) is 1.73. The summed E-state index contributed by atoms with van der Waals surface area (Å²) in [6.07, 6.45) is 5.38. The van der Waals surface area contributed by atoms with E-state index in [2.05, 4.69) is 15.0 Å². The first-order valence-corrected chi connectivity index (χ1v) is 5.75. The summed E-state index contributed by atoms with van der Waals surface area (Å²) >= 11 is 0. The molecule has 0 unspecified atom stereocenters. The van der Waals surface area contributed by atoms with E-state index in [1.807, 2.05) is 19.1 Å². The molecule has 1 aliphatic heterocycles. The van der Waals surface area contributed by atoms with Gasteiger partial charge >= 0.3 is 0 Å². The smallest absolute Gasteiger partial charge is 0.233 e. The van der Waals surface area contributed by atoms with Crippen LogP contribution in [0.15, 0.2) is 30.9 Å². The van der Waals surface area contributed by atoms with Crippen LogP contribution in [-0.4, -0.2) is 20.9 Å². The molecule has 1 amide bonds. The van der Waals surface area contributed by atoms with Gasteiger partial charge in [0.2, 0.25) is 5.91 Å². The number of aryl methyl sites for hydroxylation is 1. The number of carbonyl (C=O) groups excluding carboxylic acids is 1. The monoisotopic (exact) mass is 240 g/mol. The highest BCUT2D eigenvalue weighted by atomic mass is 16.2. The normalized spacial score (nSPS) is 13.8. The van der Waals surface area contributed by atoms with Crippen molar-refractivity contribution in [1.82, 2.24) is 15.0 Å².